The Hall–Kier alpha value is -1.08. The van der Waals surface area contributed by atoms with Crippen LogP contribution in [0.25, 0.3) is 10.8 Å². The molecule has 1 saturated heterocycles. The van der Waals surface area contributed by atoms with Gasteiger partial charge in [-0.2, -0.15) is 0 Å². The minimum atomic E-state index is -0.0282. The zero-order valence-corrected chi connectivity index (χ0v) is 13.9. The number of halogens is 2. The Labute approximate surface area is 139 Å². The van der Waals surface area contributed by atoms with E-state index >= 15 is 0 Å². The van der Waals surface area contributed by atoms with E-state index in [1.807, 2.05) is 19.1 Å². The highest BCUT2D eigenvalue weighted by molar-refractivity contribution is 7.15. The number of carbonyl (C=O) groups is 1. The fourth-order valence-electron chi connectivity index (χ4n) is 2.22. The van der Waals surface area contributed by atoms with Crippen LogP contribution in [0.1, 0.15) is 21.8 Å². The van der Waals surface area contributed by atoms with Crippen molar-refractivity contribution >= 4 is 42.1 Å². The first-order valence-corrected chi connectivity index (χ1v) is 7.03. The number of carbonyl (C=O) groups excluding carboxylic acids is 1. The van der Waals surface area contributed by atoms with E-state index in [4.69, 9.17) is 10.2 Å². The standard InChI is InChI=1S/C13H15N3O2S.2ClH/c1-8-11(13(17)16-5-4-9(14)7-16)15-12(19-8)10-3-2-6-18-10;;/h2-3,6,9H,4-5,7,14H2,1H3;2*1H/t9-;;/m1../s1. The van der Waals surface area contributed by atoms with Gasteiger partial charge in [-0.1, -0.05) is 0 Å². The maximum atomic E-state index is 12.4. The average Bonchev–Trinajstić information content (AvgIpc) is 3.07. The zero-order valence-electron chi connectivity index (χ0n) is 11.4. The lowest BCUT2D eigenvalue weighted by atomic mass is 10.3. The van der Waals surface area contributed by atoms with Crippen molar-refractivity contribution in [2.75, 3.05) is 13.1 Å². The van der Waals surface area contributed by atoms with Crippen molar-refractivity contribution in [3.8, 4) is 10.8 Å². The summed E-state index contributed by atoms with van der Waals surface area (Å²) in [5, 5.41) is 0.745. The van der Waals surface area contributed by atoms with E-state index in [0.29, 0.717) is 24.5 Å². The van der Waals surface area contributed by atoms with Crippen LogP contribution in [0.3, 0.4) is 0 Å². The molecule has 2 aromatic heterocycles. The SMILES string of the molecule is Cc1sc(-c2ccco2)nc1C(=O)N1CC[C@@H](N)C1.Cl.Cl. The van der Waals surface area contributed by atoms with Gasteiger partial charge in [-0.25, -0.2) is 4.98 Å². The van der Waals surface area contributed by atoms with Crippen LogP contribution >= 0.6 is 36.2 Å². The number of amides is 1. The second kappa shape index (κ2) is 7.26. The summed E-state index contributed by atoms with van der Waals surface area (Å²) in [5.74, 6) is 0.671. The first kappa shape index (κ1) is 18.0. The first-order valence-electron chi connectivity index (χ1n) is 6.21. The maximum absolute atomic E-state index is 12.4. The predicted molar refractivity (Wildman–Crippen MR) is 87.5 cm³/mol. The molecule has 1 atom stereocenters. The molecule has 116 valence electrons. The summed E-state index contributed by atoms with van der Waals surface area (Å²) in [6.07, 6.45) is 2.47. The van der Waals surface area contributed by atoms with Crippen LogP contribution in [0.15, 0.2) is 22.8 Å². The van der Waals surface area contributed by atoms with Crippen molar-refractivity contribution in [3.63, 3.8) is 0 Å². The molecule has 3 heterocycles. The Bertz CT molecular complexity index is 601. The molecule has 1 aliphatic rings. The molecule has 1 amide bonds. The monoisotopic (exact) mass is 349 g/mol. The van der Waals surface area contributed by atoms with E-state index in [2.05, 4.69) is 4.98 Å². The Morgan fingerprint density at radius 2 is 2.29 bits per heavy atom. The van der Waals surface area contributed by atoms with Gasteiger partial charge in [0.2, 0.25) is 0 Å². The lowest BCUT2D eigenvalue weighted by Gasteiger charge is -2.14. The Morgan fingerprint density at radius 1 is 1.52 bits per heavy atom. The largest absolute Gasteiger partial charge is 0.462 e. The van der Waals surface area contributed by atoms with E-state index in [1.165, 1.54) is 11.3 Å². The molecule has 5 nitrogen and oxygen atoms in total. The molecule has 1 aliphatic heterocycles. The minimum absolute atomic E-state index is 0. The lowest BCUT2D eigenvalue weighted by Crippen LogP contribution is -2.32. The van der Waals surface area contributed by atoms with Crippen LogP contribution in [0, 0.1) is 6.92 Å². The number of aromatic nitrogens is 1. The highest BCUT2D eigenvalue weighted by Gasteiger charge is 2.27. The van der Waals surface area contributed by atoms with Crippen molar-refractivity contribution in [1.29, 1.82) is 0 Å². The molecule has 0 aliphatic carbocycles. The molecule has 2 aromatic rings. The van der Waals surface area contributed by atoms with Gasteiger partial charge in [0.1, 0.15) is 5.69 Å². The minimum Gasteiger partial charge on any atom is -0.462 e. The molecular formula is C13H17Cl2N3O2S. The summed E-state index contributed by atoms with van der Waals surface area (Å²) in [7, 11) is 0. The van der Waals surface area contributed by atoms with Gasteiger partial charge >= 0.3 is 0 Å². The first-order chi connectivity index (χ1) is 9.15. The second-order valence-corrected chi connectivity index (χ2v) is 5.90. The molecule has 0 saturated carbocycles. The molecule has 21 heavy (non-hydrogen) atoms. The molecule has 8 heteroatoms. The number of likely N-dealkylation sites (tertiary alicyclic amines) is 1. The van der Waals surface area contributed by atoms with E-state index in [1.54, 1.807) is 11.2 Å². The summed E-state index contributed by atoms with van der Waals surface area (Å²) in [4.78, 5) is 19.5. The van der Waals surface area contributed by atoms with Crippen LogP contribution in [-0.2, 0) is 0 Å². The molecule has 0 aromatic carbocycles. The summed E-state index contributed by atoms with van der Waals surface area (Å²) in [5.41, 5.74) is 6.35. The van der Waals surface area contributed by atoms with Crippen molar-refractivity contribution in [1.82, 2.24) is 9.88 Å². The van der Waals surface area contributed by atoms with Gasteiger partial charge in [0, 0.05) is 24.0 Å². The van der Waals surface area contributed by atoms with Gasteiger partial charge in [-0.05, 0) is 25.5 Å². The normalized spacial score (nSPS) is 17.2. The van der Waals surface area contributed by atoms with Gasteiger partial charge in [0.25, 0.3) is 5.91 Å². The van der Waals surface area contributed by atoms with Crippen LogP contribution in [0.5, 0.6) is 0 Å². The highest BCUT2D eigenvalue weighted by atomic mass is 35.5. The number of rotatable bonds is 2. The van der Waals surface area contributed by atoms with E-state index in [0.717, 1.165) is 16.3 Å². The smallest absolute Gasteiger partial charge is 0.273 e. The van der Waals surface area contributed by atoms with Crippen molar-refractivity contribution in [2.45, 2.75) is 19.4 Å². The molecule has 0 unspecified atom stereocenters. The van der Waals surface area contributed by atoms with Gasteiger partial charge in [-0.3, -0.25) is 4.79 Å². The average molecular weight is 350 g/mol. The molecule has 1 fully saturated rings. The fraction of sp³-hybridized carbons (Fsp3) is 0.385. The van der Waals surface area contributed by atoms with Crippen LogP contribution in [0.4, 0.5) is 0 Å². The van der Waals surface area contributed by atoms with Crippen LogP contribution in [0.2, 0.25) is 0 Å². The summed E-state index contributed by atoms with van der Waals surface area (Å²) in [6.45, 7) is 3.24. The number of hydrogen-bond acceptors (Lipinski definition) is 5. The molecule has 0 bridgehead atoms. The molecule has 2 N–H and O–H groups in total. The Balaban J connectivity index is 0.00000110. The number of hydrogen-bond donors (Lipinski definition) is 1. The van der Waals surface area contributed by atoms with E-state index < -0.39 is 0 Å². The third-order valence-electron chi connectivity index (χ3n) is 3.24. The number of furan rings is 1. The second-order valence-electron chi connectivity index (χ2n) is 4.70. The molecular weight excluding hydrogens is 333 g/mol. The third-order valence-corrected chi connectivity index (χ3v) is 4.23. The van der Waals surface area contributed by atoms with Gasteiger partial charge in [-0.15, -0.1) is 36.2 Å². The Morgan fingerprint density at radius 3 is 2.86 bits per heavy atom. The summed E-state index contributed by atoms with van der Waals surface area (Å²) in [6, 6.07) is 3.75. The predicted octanol–water partition coefficient (Wildman–Crippen LogP) is 2.73. The summed E-state index contributed by atoms with van der Waals surface area (Å²) >= 11 is 1.48. The number of aryl methyl sites for hydroxylation is 1. The van der Waals surface area contributed by atoms with E-state index in [-0.39, 0.29) is 36.8 Å². The number of thiazole rings is 1. The quantitative estimate of drug-likeness (QED) is 0.904. The van der Waals surface area contributed by atoms with E-state index in [9.17, 15) is 4.79 Å². The Kier molecular flexibility index (Phi) is 6.22. The van der Waals surface area contributed by atoms with Gasteiger partial charge in [0.05, 0.1) is 6.26 Å². The molecule has 0 radical (unpaired) electrons. The lowest BCUT2D eigenvalue weighted by molar-refractivity contribution is 0.0785. The van der Waals surface area contributed by atoms with Crippen molar-refractivity contribution in [2.24, 2.45) is 5.73 Å². The molecule has 3 rings (SSSR count). The van der Waals surface area contributed by atoms with Crippen molar-refractivity contribution < 1.29 is 9.21 Å². The number of nitrogens with zero attached hydrogens (tertiary/aromatic N) is 2. The zero-order chi connectivity index (χ0) is 13.4. The fourth-order valence-corrected chi connectivity index (χ4v) is 3.10. The maximum Gasteiger partial charge on any atom is 0.273 e. The van der Waals surface area contributed by atoms with Crippen LogP contribution < -0.4 is 5.73 Å². The third kappa shape index (κ3) is 3.58. The summed E-state index contributed by atoms with van der Waals surface area (Å²) < 4.78 is 5.31. The molecule has 0 spiro atoms. The number of nitrogens with two attached hydrogens (primary N) is 1. The van der Waals surface area contributed by atoms with Gasteiger partial charge < -0.3 is 15.1 Å². The van der Waals surface area contributed by atoms with Crippen LogP contribution in [-0.4, -0.2) is 34.9 Å². The topological polar surface area (TPSA) is 72.4 Å². The van der Waals surface area contributed by atoms with Gasteiger partial charge in [0.15, 0.2) is 10.8 Å². The van der Waals surface area contributed by atoms with Crippen molar-refractivity contribution in [3.05, 3.63) is 29.0 Å². The highest BCUT2D eigenvalue weighted by Crippen LogP contribution is 2.29.